The molecule has 0 aromatic carbocycles. The first-order valence-corrected chi connectivity index (χ1v) is 4.64. The molecule has 0 aromatic heterocycles. The zero-order valence-corrected chi connectivity index (χ0v) is 7.46. The van der Waals surface area contributed by atoms with E-state index in [1.54, 1.807) is 11.0 Å². The van der Waals surface area contributed by atoms with E-state index in [0.717, 1.165) is 12.8 Å². The van der Waals surface area contributed by atoms with Crippen LogP contribution in [0.5, 0.6) is 0 Å². The fraction of sp³-hybridized carbons (Fsp3) is 0.700. The molecule has 0 heterocycles. The molecule has 1 saturated carbocycles. The van der Waals surface area contributed by atoms with Gasteiger partial charge in [0.2, 0.25) is 0 Å². The maximum Gasteiger partial charge on any atom is 0.312 e. The second kappa shape index (κ2) is 4.96. The first kappa shape index (κ1) is 9.30. The van der Waals surface area contributed by atoms with E-state index >= 15 is 0 Å². The zero-order chi connectivity index (χ0) is 8.81. The van der Waals surface area contributed by atoms with Crippen molar-refractivity contribution in [3.8, 4) is 0 Å². The van der Waals surface area contributed by atoms with Crippen molar-refractivity contribution in [2.24, 2.45) is 0 Å². The third-order valence-electron chi connectivity index (χ3n) is 2.46. The average molecular weight is 166 g/mol. The smallest absolute Gasteiger partial charge is 0.312 e. The van der Waals surface area contributed by atoms with Crippen LogP contribution in [0.2, 0.25) is 0 Å². The minimum atomic E-state index is 0.425. The summed E-state index contributed by atoms with van der Waals surface area (Å²) < 4.78 is 0. The molecule has 0 atom stereocenters. The van der Waals surface area contributed by atoms with Gasteiger partial charge < -0.3 is 4.90 Å². The molecule has 0 unspecified atom stereocenters. The molecule has 2 heteroatoms. The van der Waals surface area contributed by atoms with Gasteiger partial charge in [0.15, 0.2) is 0 Å². The number of carbonyl (C=O) groups excluding carboxylic acids is 1. The Bertz CT molecular complexity index is 150. The average Bonchev–Trinajstić information content (AvgIpc) is 2.15. The maximum absolute atomic E-state index is 10.5. The van der Waals surface area contributed by atoms with E-state index in [0.29, 0.717) is 12.6 Å². The lowest BCUT2D eigenvalue weighted by molar-refractivity contribution is 0.250. The van der Waals surface area contributed by atoms with Crippen molar-refractivity contribution in [2.45, 2.75) is 38.1 Å². The Hall–Kier alpha value is -0.790. The Morgan fingerprint density at radius 2 is 2.08 bits per heavy atom. The molecule has 0 saturated heterocycles. The van der Waals surface area contributed by atoms with Crippen LogP contribution in [0.3, 0.4) is 0 Å². The molecule has 0 spiro atoms. The van der Waals surface area contributed by atoms with Gasteiger partial charge in [-0.2, -0.15) is 0 Å². The summed E-state index contributed by atoms with van der Waals surface area (Å²) in [4.78, 5) is 12.3. The molecule has 0 aliphatic heterocycles. The predicted octanol–water partition coefficient (Wildman–Crippen LogP) is 1.87. The summed E-state index contributed by atoms with van der Waals surface area (Å²) in [6.07, 6.45) is 9.85. The van der Waals surface area contributed by atoms with Crippen LogP contribution < -0.4 is 0 Å². The van der Waals surface area contributed by atoms with Crippen LogP contribution in [0, 0.1) is 0 Å². The lowest BCUT2D eigenvalue weighted by Gasteiger charge is -2.29. The van der Waals surface area contributed by atoms with Gasteiger partial charge in [-0.3, -0.25) is 4.79 Å². The molecule has 1 radical (unpaired) electrons. The lowest BCUT2D eigenvalue weighted by atomic mass is 9.94. The molecule has 1 amide bonds. The summed E-state index contributed by atoms with van der Waals surface area (Å²) in [6, 6.07) is 0.425. The largest absolute Gasteiger partial charge is 0.328 e. The van der Waals surface area contributed by atoms with Crippen LogP contribution in [-0.2, 0) is 4.79 Å². The normalized spacial score (nSPS) is 18.7. The van der Waals surface area contributed by atoms with Crippen LogP contribution in [0.25, 0.3) is 0 Å². The molecule has 67 valence electrons. The highest BCUT2D eigenvalue weighted by Gasteiger charge is 2.18. The minimum absolute atomic E-state index is 0.425. The van der Waals surface area contributed by atoms with Gasteiger partial charge in [-0.1, -0.05) is 25.3 Å². The summed E-state index contributed by atoms with van der Waals surface area (Å²) in [5.74, 6) is 0. The van der Waals surface area contributed by atoms with Gasteiger partial charge >= 0.3 is 6.41 Å². The Kier molecular flexibility index (Phi) is 3.85. The predicted molar refractivity (Wildman–Crippen MR) is 49.5 cm³/mol. The fourth-order valence-corrected chi connectivity index (χ4v) is 1.79. The first-order valence-electron chi connectivity index (χ1n) is 4.64. The molecular formula is C10H16NO. The molecule has 0 aromatic rings. The van der Waals surface area contributed by atoms with E-state index in [-0.39, 0.29) is 0 Å². The molecule has 12 heavy (non-hydrogen) atoms. The van der Waals surface area contributed by atoms with Gasteiger partial charge in [-0.15, -0.1) is 6.58 Å². The number of amides is 1. The van der Waals surface area contributed by atoms with E-state index in [1.165, 1.54) is 19.3 Å². The van der Waals surface area contributed by atoms with E-state index in [9.17, 15) is 4.79 Å². The quantitative estimate of drug-likeness (QED) is 0.461. The highest BCUT2D eigenvalue weighted by molar-refractivity contribution is 5.49. The highest BCUT2D eigenvalue weighted by Crippen LogP contribution is 2.21. The van der Waals surface area contributed by atoms with Gasteiger partial charge in [-0.05, 0) is 12.8 Å². The molecule has 1 fully saturated rings. The Balaban J connectivity index is 2.39. The van der Waals surface area contributed by atoms with Crippen LogP contribution in [0.4, 0.5) is 0 Å². The van der Waals surface area contributed by atoms with Gasteiger partial charge in [0.1, 0.15) is 0 Å². The van der Waals surface area contributed by atoms with Crippen molar-refractivity contribution < 1.29 is 4.79 Å². The molecular weight excluding hydrogens is 150 g/mol. The summed E-state index contributed by atoms with van der Waals surface area (Å²) in [5, 5.41) is 0. The molecule has 0 bridgehead atoms. The van der Waals surface area contributed by atoms with E-state index in [2.05, 4.69) is 6.58 Å². The first-order chi connectivity index (χ1) is 5.88. The Morgan fingerprint density at radius 1 is 1.42 bits per heavy atom. The van der Waals surface area contributed by atoms with Gasteiger partial charge in [0.25, 0.3) is 0 Å². The van der Waals surface area contributed by atoms with E-state index in [1.807, 2.05) is 6.41 Å². The Labute approximate surface area is 74.2 Å². The molecule has 1 rings (SSSR count). The second-order valence-electron chi connectivity index (χ2n) is 3.32. The van der Waals surface area contributed by atoms with Crippen molar-refractivity contribution in [3.05, 3.63) is 12.7 Å². The van der Waals surface area contributed by atoms with Crippen LogP contribution >= 0.6 is 0 Å². The topological polar surface area (TPSA) is 20.3 Å². The van der Waals surface area contributed by atoms with Crippen LogP contribution in [0.15, 0.2) is 12.7 Å². The third-order valence-corrected chi connectivity index (χ3v) is 2.46. The van der Waals surface area contributed by atoms with Crippen molar-refractivity contribution in [1.82, 2.24) is 4.90 Å². The van der Waals surface area contributed by atoms with Gasteiger partial charge in [0, 0.05) is 12.6 Å². The number of nitrogens with zero attached hydrogens (tertiary/aromatic N) is 1. The minimum Gasteiger partial charge on any atom is -0.328 e. The number of rotatable bonds is 4. The summed E-state index contributed by atoms with van der Waals surface area (Å²) in [5.41, 5.74) is 0. The van der Waals surface area contributed by atoms with Crippen molar-refractivity contribution in [1.29, 1.82) is 0 Å². The Morgan fingerprint density at radius 3 is 2.58 bits per heavy atom. The summed E-state index contributed by atoms with van der Waals surface area (Å²) >= 11 is 0. The monoisotopic (exact) mass is 166 g/mol. The highest BCUT2D eigenvalue weighted by atomic mass is 16.1. The summed E-state index contributed by atoms with van der Waals surface area (Å²) in [6.45, 7) is 4.27. The van der Waals surface area contributed by atoms with Gasteiger partial charge in [-0.25, -0.2) is 0 Å². The molecule has 2 nitrogen and oxygen atoms in total. The fourth-order valence-electron chi connectivity index (χ4n) is 1.79. The van der Waals surface area contributed by atoms with E-state index in [4.69, 9.17) is 0 Å². The summed E-state index contributed by atoms with van der Waals surface area (Å²) in [7, 11) is 0. The number of hydrogen-bond donors (Lipinski definition) is 0. The van der Waals surface area contributed by atoms with Gasteiger partial charge in [0.05, 0.1) is 0 Å². The molecule has 1 aliphatic carbocycles. The lowest BCUT2D eigenvalue weighted by Crippen LogP contribution is -2.35. The standard InChI is InChI=1S/C10H16NO/c1-2-8-11(9-12)10-6-4-3-5-7-10/h2,10H,1,3-8H2. The number of hydrogen-bond acceptors (Lipinski definition) is 1. The van der Waals surface area contributed by atoms with Crippen molar-refractivity contribution in [2.75, 3.05) is 6.54 Å². The zero-order valence-electron chi connectivity index (χ0n) is 7.46. The van der Waals surface area contributed by atoms with Crippen molar-refractivity contribution in [3.63, 3.8) is 0 Å². The van der Waals surface area contributed by atoms with E-state index < -0.39 is 0 Å². The third kappa shape index (κ3) is 2.36. The second-order valence-corrected chi connectivity index (χ2v) is 3.32. The molecule has 1 aliphatic rings. The van der Waals surface area contributed by atoms with Crippen LogP contribution in [-0.4, -0.2) is 23.9 Å². The van der Waals surface area contributed by atoms with Crippen molar-refractivity contribution >= 4 is 6.41 Å². The van der Waals surface area contributed by atoms with Crippen LogP contribution in [0.1, 0.15) is 32.1 Å². The molecule has 0 N–H and O–H groups in total. The SMILES string of the molecule is C=CCN([C]=O)C1CCCCC1. The maximum atomic E-state index is 10.5.